The summed E-state index contributed by atoms with van der Waals surface area (Å²) in [7, 11) is 0. The summed E-state index contributed by atoms with van der Waals surface area (Å²) in [6, 6.07) is 6.25. The zero-order valence-corrected chi connectivity index (χ0v) is 11.4. The lowest BCUT2D eigenvalue weighted by atomic mass is 9.96. The van der Waals surface area contributed by atoms with Crippen molar-refractivity contribution in [1.29, 1.82) is 0 Å². The molecule has 0 saturated carbocycles. The van der Waals surface area contributed by atoms with Gasteiger partial charge in [-0.3, -0.25) is 4.79 Å². The van der Waals surface area contributed by atoms with E-state index in [1.54, 1.807) is 12.1 Å². The van der Waals surface area contributed by atoms with Crippen LogP contribution >= 0.6 is 0 Å². The molecule has 1 amide bonds. The van der Waals surface area contributed by atoms with E-state index >= 15 is 0 Å². The molecular weight excluding hydrogens is 259 g/mol. The Labute approximate surface area is 116 Å². The number of amides is 1. The molecule has 0 aliphatic heterocycles. The number of nitrogens with one attached hydrogen (secondary N) is 2. The number of carbonyl (C=O) groups is 1. The molecule has 0 fully saturated rings. The first-order chi connectivity index (χ1) is 9.56. The highest BCUT2D eigenvalue weighted by Crippen LogP contribution is 2.12. The van der Waals surface area contributed by atoms with Crippen molar-refractivity contribution < 1.29 is 9.18 Å². The average Bonchev–Trinajstić information content (AvgIpc) is 2.94. The topological polar surface area (TPSA) is 70.7 Å². The first-order valence-corrected chi connectivity index (χ1v) is 6.47. The summed E-state index contributed by atoms with van der Waals surface area (Å²) < 4.78 is 12.9. The Balaban J connectivity index is 2.04. The van der Waals surface area contributed by atoms with E-state index in [0.717, 1.165) is 5.56 Å². The van der Waals surface area contributed by atoms with Gasteiger partial charge in [0.05, 0.1) is 6.20 Å². The molecule has 1 heterocycles. The van der Waals surface area contributed by atoms with Gasteiger partial charge in [0, 0.05) is 6.04 Å². The first-order valence-electron chi connectivity index (χ1n) is 6.47. The highest BCUT2D eigenvalue weighted by molar-refractivity contribution is 5.92. The van der Waals surface area contributed by atoms with E-state index in [1.165, 1.54) is 18.3 Å². The van der Waals surface area contributed by atoms with Crippen LogP contribution in [0.25, 0.3) is 0 Å². The molecule has 2 rings (SSSR count). The Bertz CT molecular complexity index is 551. The van der Waals surface area contributed by atoms with E-state index in [1.807, 2.05) is 13.8 Å². The molecule has 6 heteroatoms. The van der Waals surface area contributed by atoms with Gasteiger partial charge in [-0.2, -0.15) is 15.4 Å². The number of H-pyrrole nitrogens is 1. The number of rotatable bonds is 5. The molecule has 20 heavy (non-hydrogen) atoms. The summed E-state index contributed by atoms with van der Waals surface area (Å²) in [6.45, 7) is 4.05. The van der Waals surface area contributed by atoms with Crippen LogP contribution in [0.4, 0.5) is 4.39 Å². The van der Waals surface area contributed by atoms with E-state index in [0.29, 0.717) is 6.42 Å². The van der Waals surface area contributed by atoms with Crippen molar-refractivity contribution in [3.8, 4) is 0 Å². The minimum atomic E-state index is -0.264. The smallest absolute Gasteiger partial charge is 0.273 e. The maximum Gasteiger partial charge on any atom is 0.273 e. The number of carbonyl (C=O) groups excluding carboxylic acids is 1. The molecule has 1 aromatic heterocycles. The van der Waals surface area contributed by atoms with Gasteiger partial charge in [0.15, 0.2) is 5.69 Å². The van der Waals surface area contributed by atoms with E-state index < -0.39 is 0 Å². The zero-order chi connectivity index (χ0) is 14.5. The summed E-state index contributed by atoms with van der Waals surface area (Å²) in [5, 5.41) is 12.7. The number of nitrogens with zero attached hydrogens (tertiary/aromatic N) is 2. The highest BCUT2D eigenvalue weighted by atomic mass is 19.1. The normalized spacial score (nSPS) is 12.4. The van der Waals surface area contributed by atoms with Gasteiger partial charge in [-0.25, -0.2) is 4.39 Å². The summed E-state index contributed by atoms with van der Waals surface area (Å²) >= 11 is 0. The summed E-state index contributed by atoms with van der Waals surface area (Å²) in [6.07, 6.45) is 2.02. The number of hydrogen-bond donors (Lipinski definition) is 2. The van der Waals surface area contributed by atoms with Crippen LogP contribution in [0, 0.1) is 11.7 Å². The molecule has 0 bridgehead atoms. The maximum atomic E-state index is 12.9. The largest absolute Gasteiger partial charge is 0.347 e. The van der Waals surface area contributed by atoms with Gasteiger partial charge in [0.2, 0.25) is 0 Å². The fourth-order valence-electron chi connectivity index (χ4n) is 1.88. The number of hydrogen-bond acceptors (Lipinski definition) is 3. The molecule has 0 unspecified atom stereocenters. The Hall–Kier alpha value is -2.24. The second kappa shape index (κ2) is 6.27. The van der Waals surface area contributed by atoms with Crippen molar-refractivity contribution in [2.75, 3.05) is 0 Å². The summed E-state index contributed by atoms with van der Waals surface area (Å²) in [5.74, 6) is -0.281. The van der Waals surface area contributed by atoms with Crippen LogP contribution in [-0.2, 0) is 6.42 Å². The number of aromatic nitrogens is 3. The van der Waals surface area contributed by atoms with Crippen molar-refractivity contribution in [3.05, 3.63) is 47.5 Å². The monoisotopic (exact) mass is 276 g/mol. The molecule has 0 spiro atoms. The van der Waals surface area contributed by atoms with Gasteiger partial charge in [0.1, 0.15) is 5.82 Å². The third-order valence-electron chi connectivity index (χ3n) is 3.14. The van der Waals surface area contributed by atoms with Crippen molar-refractivity contribution in [2.45, 2.75) is 26.3 Å². The fraction of sp³-hybridized carbons (Fsp3) is 0.357. The van der Waals surface area contributed by atoms with Crippen molar-refractivity contribution in [1.82, 2.24) is 20.7 Å². The van der Waals surface area contributed by atoms with Crippen LogP contribution in [0.15, 0.2) is 30.5 Å². The minimum Gasteiger partial charge on any atom is -0.347 e. The fourth-order valence-corrected chi connectivity index (χ4v) is 1.88. The molecule has 1 atom stereocenters. The van der Waals surface area contributed by atoms with Gasteiger partial charge in [-0.1, -0.05) is 26.0 Å². The second-order valence-electron chi connectivity index (χ2n) is 5.01. The van der Waals surface area contributed by atoms with Crippen LogP contribution in [0.5, 0.6) is 0 Å². The molecule has 0 saturated heterocycles. The number of halogens is 1. The highest BCUT2D eigenvalue weighted by Gasteiger charge is 2.19. The van der Waals surface area contributed by atoms with Gasteiger partial charge in [-0.15, -0.1) is 0 Å². The maximum absolute atomic E-state index is 12.9. The Morgan fingerprint density at radius 3 is 2.60 bits per heavy atom. The number of benzene rings is 1. The van der Waals surface area contributed by atoms with Gasteiger partial charge in [0.25, 0.3) is 5.91 Å². The molecule has 0 aliphatic rings. The third kappa shape index (κ3) is 3.63. The van der Waals surface area contributed by atoms with Crippen LogP contribution in [0.2, 0.25) is 0 Å². The van der Waals surface area contributed by atoms with Gasteiger partial charge in [-0.05, 0) is 30.0 Å². The lowest BCUT2D eigenvalue weighted by molar-refractivity contribution is 0.0920. The zero-order valence-electron chi connectivity index (χ0n) is 11.4. The van der Waals surface area contributed by atoms with Crippen molar-refractivity contribution in [3.63, 3.8) is 0 Å². The molecular formula is C14H17FN4O. The molecule has 2 N–H and O–H groups in total. The predicted octanol–water partition coefficient (Wildman–Crippen LogP) is 1.94. The van der Waals surface area contributed by atoms with Crippen LogP contribution in [-0.4, -0.2) is 27.4 Å². The molecule has 0 aliphatic carbocycles. The molecule has 5 nitrogen and oxygen atoms in total. The van der Waals surface area contributed by atoms with Crippen molar-refractivity contribution >= 4 is 5.91 Å². The summed E-state index contributed by atoms with van der Waals surface area (Å²) in [4.78, 5) is 12.0. The SMILES string of the molecule is CC(C)[C@@H](Cc1ccc(F)cc1)NC(=O)c1cn[nH]n1. The van der Waals surface area contributed by atoms with Gasteiger partial charge >= 0.3 is 0 Å². The second-order valence-corrected chi connectivity index (χ2v) is 5.01. The van der Waals surface area contributed by atoms with Crippen LogP contribution in [0.1, 0.15) is 29.9 Å². The molecule has 1 aromatic carbocycles. The molecule has 2 aromatic rings. The van der Waals surface area contributed by atoms with Crippen LogP contribution in [0.3, 0.4) is 0 Å². The Morgan fingerprint density at radius 2 is 2.05 bits per heavy atom. The van der Waals surface area contributed by atoms with Gasteiger partial charge < -0.3 is 5.32 Å². The Kier molecular flexibility index (Phi) is 4.45. The van der Waals surface area contributed by atoms with E-state index in [4.69, 9.17) is 0 Å². The average molecular weight is 276 g/mol. The molecule has 0 radical (unpaired) electrons. The summed E-state index contributed by atoms with van der Waals surface area (Å²) in [5.41, 5.74) is 1.24. The van der Waals surface area contributed by atoms with Crippen LogP contribution < -0.4 is 5.32 Å². The lowest BCUT2D eigenvalue weighted by Gasteiger charge is -2.22. The van der Waals surface area contributed by atoms with E-state index in [9.17, 15) is 9.18 Å². The number of aromatic amines is 1. The standard InChI is InChI=1S/C14H17FN4O/c1-9(2)12(7-10-3-5-11(15)6-4-10)17-14(20)13-8-16-19-18-13/h3-6,8-9,12H,7H2,1-2H3,(H,17,20)(H,16,18,19)/t12-/m1/s1. The lowest BCUT2D eigenvalue weighted by Crippen LogP contribution is -2.40. The first kappa shape index (κ1) is 14.2. The third-order valence-corrected chi connectivity index (χ3v) is 3.14. The van der Waals surface area contributed by atoms with E-state index in [2.05, 4.69) is 20.7 Å². The van der Waals surface area contributed by atoms with E-state index in [-0.39, 0.29) is 29.4 Å². The predicted molar refractivity (Wildman–Crippen MR) is 72.6 cm³/mol. The molecule has 106 valence electrons. The quantitative estimate of drug-likeness (QED) is 0.876. The minimum absolute atomic E-state index is 0.0512. The van der Waals surface area contributed by atoms with Crippen molar-refractivity contribution in [2.24, 2.45) is 5.92 Å². The Morgan fingerprint density at radius 1 is 1.35 bits per heavy atom.